The number of nitrogens with one attached hydrogen (secondary N) is 1. The molecule has 96 valence electrons. The minimum atomic E-state index is 0.533. The molecule has 1 heterocycles. The van der Waals surface area contributed by atoms with E-state index in [1.165, 1.54) is 12.8 Å². The smallest absolute Gasteiger partial charge is 0.149 e. The van der Waals surface area contributed by atoms with Crippen LogP contribution in [0.5, 0.6) is 0 Å². The first-order valence-electron chi connectivity index (χ1n) is 6.54. The number of rotatable bonds is 7. The van der Waals surface area contributed by atoms with E-state index >= 15 is 0 Å². The van der Waals surface area contributed by atoms with Gasteiger partial charge in [0.05, 0.1) is 24.9 Å². The van der Waals surface area contributed by atoms with E-state index in [4.69, 9.17) is 5.26 Å². The first-order chi connectivity index (χ1) is 8.85. The summed E-state index contributed by atoms with van der Waals surface area (Å²) < 4.78 is 0. The van der Waals surface area contributed by atoms with Crippen molar-refractivity contribution in [3.63, 3.8) is 0 Å². The molecule has 18 heavy (non-hydrogen) atoms. The summed E-state index contributed by atoms with van der Waals surface area (Å²) in [5.41, 5.74) is 0. The van der Waals surface area contributed by atoms with Crippen LogP contribution in [0.2, 0.25) is 0 Å². The first-order valence-corrected chi connectivity index (χ1v) is 6.54. The van der Waals surface area contributed by atoms with Crippen LogP contribution in [-0.2, 0) is 0 Å². The molecular formula is C13H19N5. The van der Waals surface area contributed by atoms with E-state index in [-0.39, 0.29) is 0 Å². The third-order valence-electron chi connectivity index (χ3n) is 2.92. The Bertz CT molecular complexity index is 422. The number of nitrogens with zero attached hydrogens (tertiary/aromatic N) is 4. The van der Waals surface area contributed by atoms with E-state index in [2.05, 4.69) is 33.2 Å². The number of anilines is 2. The lowest BCUT2D eigenvalue weighted by Crippen LogP contribution is -2.27. The van der Waals surface area contributed by atoms with Crippen molar-refractivity contribution >= 4 is 11.6 Å². The van der Waals surface area contributed by atoms with Crippen molar-refractivity contribution in [2.75, 3.05) is 23.3 Å². The Morgan fingerprint density at radius 2 is 2.33 bits per heavy atom. The lowest BCUT2D eigenvalue weighted by atomic mass is 10.4. The van der Waals surface area contributed by atoms with Crippen LogP contribution in [0.4, 0.5) is 11.6 Å². The van der Waals surface area contributed by atoms with E-state index < -0.39 is 0 Å². The zero-order valence-electron chi connectivity index (χ0n) is 10.8. The van der Waals surface area contributed by atoms with Gasteiger partial charge in [-0.2, -0.15) is 5.26 Å². The molecule has 0 bridgehead atoms. The summed E-state index contributed by atoms with van der Waals surface area (Å²) in [6, 6.07) is 2.74. The van der Waals surface area contributed by atoms with Crippen LogP contribution < -0.4 is 10.2 Å². The Morgan fingerprint density at radius 3 is 3.00 bits per heavy atom. The molecular weight excluding hydrogens is 226 g/mol. The Labute approximate surface area is 108 Å². The molecule has 1 aliphatic rings. The highest BCUT2D eigenvalue weighted by atomic mass is 15.2. The van der Waals surface area contributed by atoms with E-state index in [1.807, 2.05) is 0 Å². The average Bonchev–Trinajstić information content (AvgIpc) is 3.22. The summed E-state index contributed by atoms with van der Waals surface area (Å²) in [6.07, 6.45) is 7.51. The van der Waals surface area contributed by atoms with Crippen LogP contribution in [0.1, 0.15) is 32.6 Å². The predicted molar refractivity (Wildman–Crippen MR) is 71.4 cm³/mol. The lowest BCUT2D eigenvalue weighted by molar-refractivity contribution is 0.774. The highest BCUT2D eigenvalue weighted by Gasteiger charge is 2.29. The predicted octanol–water partition coefficient (Wildman–Crippen LogP) is 2.18. The zero-order chi connectivity index (χ0) is 12.8. The summed E-state index contributed by atoms with van der Waals surface area (Å²) in [5.74, 6) is 1.70. The van der Waals surface area contributed by atoms with Crippen molar-refractivity contribution in [1.82, 2.24) is 9.97 Å². The molecule has 1 aromatic rings. The fourth-order valence-electron chi connectivity index (χ4n) is 1.87. The molecule has 5 nitrogen and oxygen atoms in total. The summed E-state index contributed by atoms with van der Waals surface area (Å²) in [7, 11) is 0. The van der Waals surface area contributed by atoms with Crippen molar-refractivity contribution in [2.24, 2.45) is 0 Å². The fourth-order valence-corrected chi connectivity index (χ4v) is 1.87. The number of nitriles is 1. The van der Waals surface area contributed by atoms with Crippen molar-refractivity contribution in [3.8, 4) is 6.07 Å². The molecule has 1 N–H and O–H groups in total. The second-order valence-electron chi connectivity index (χ2n) is 4.52. The van der Waals surface area contributed by atoms with Gasteiger partial charge in [0.15, 0.2) is 0 Å². The third-order valence-corrected chi connectivity index (χ3v) is 2.92. The van der Waals surface area contributed by atoms with E-state index in [0.29, 0.717) is 12.5 Å². The Hall–Kier alpha value is -1.83. The maximum Gasteiger partial charge on any atom is 0.149 e. The standard InChI is InChI=1S/C13H19N5/c1-2-7-16-12-9-15-10-13(17-12)18(8-3-6-14)11-4-5-11/h9-11H,2-5,7-8H2,1H3,(H,16,17). The van der Waals surface area contributed by atoms with Gasteiger partial charge in [0.2, 0.25) is 0 Å². The SMILES string of the molecule is CCCNc1cncc(N(CCC#N)C2CC2)n1. The molecule has 0 unspecified atom stereocenters. The topological polar surface area (TPSA) is 64.8 Å². The second kappa shape index (κ2) is 6.20. The van der Waals surface area contributed by atoms with Gasteiger partial charge in [-0.05, 0) is 19.3 Å². The molecule has 0 atom stereocenters. The van der Waals surface area contributed by atoms with Gasteiger partial charge in [0.25, 0.3) is 0 Å². The van der Waals surface area contributed by atoms with E-state index in [0.717, 1.165) is 31.1 Å². The van der Waals surface area contributed by atoms with Gasteiger partial charge in [-0.15, -0.1) is 0 Å². The Kier molecular flexibility index (Phi) is 4.35. The summed E-state index contributed by atoms with van der Waals surface area (Å²) in [6.45, 7) is 3.76. The van der Waals surface area contributed by atoms with Gasteiger partial charge < -0.3 is 10.2 Å². The van der Waals surface area contributed by atoms with Crippen molar-refractivity contribution < 1.29 is 0 Å². The minimum absolute atomic E-state index is 0.533. The molecule has 0 spiro atoms. The van der Waals surface area contributed by atoms with Crippen LogP contribution in [0.3, 0.4) is 0 Å². The molecule has 0 amide bonds. The quantitative estimate of drug-likeness (QED) is 0.797. The van der Waals surface area contributed by atoms with Crippen molar-refractivity contribution in [2.45, 2.75) is 38.6 Å². The normalized spacial score (nSPS) is 14.0. The summed E-state index contributed by atoms with van der Waals surface area (Å²) in [5, 5.41) is 11.9. The molecule has 0 saturated heterocycles. The molecule has 1 aromatic heterocycles. The molecule has 1 saturated carbocycles. The van der Waals surface area contributed by atoms with Crippen LogP contribution in [0, 0.1) is 11.3 Å². The van der Waals surface area contributed by atoms with Gasteiger partial charge in [0, 0.05) is 19.1 Å². The molecule has 0 aliphatic heterocycles. The molecule has 0 aromatic carbocycles. The molecule has 2 rings (SSSR count). The number of hydrogen-bond donors (Lipinski definition) is 1. The Balaban J connectivity index is 2.06. The van der Waals surface area contributed by atoms with Crippen LogP contribution in [0.15, 0.2) is 12.4 Å². The number of aromatic nitrogens is 2. The van der Waals surface area contributed by atoms with Gasteiger partial charge in [-0.1, -0.05) is 6.92 Å². The zero-order valence-corrected chi connectivity index (χ0v) is 10.8. The largest absolute Gasteiger partial charge is 0.369 e. The summed E-state index contributed by atoms with van der Waals surface area (Å²) in [4.78, 5) is 11.0. The Morgan fingerprint density at radius 1 is 1.50 bits per heavy atom. The van der Waals surface area contributed by atoms with Gasteiger partial charge in [-0.25, -0.2) is 4.98 Å². The van der Waals surface area contributed by atoms with E-state index in [1.54, 1.807) is 12.4 Å². The van der Waals surface area contributed by atoms with Gasteiger partial charge >= 0.3 is 0 Å². The van der Waals surface area contributed by atoms with Crippen LogP contribution in [0.25, 0.3) is 0 Å². The van der Waals surface area contributed by atoms with Crippen molar-refractivity contribution in [3.05, 3.63) is 12.4 Å². The second-order valence-corrected chi connectivity index (χ2v) is 4.52. The van der Waals surface area contributed by atoms with Gasteiger partial charge in [0.1, 0.15) is 11.6 Å². The fraction of sp³-hybridized carbons (Fsp3) is 0.615. The molecule has 5 heteroatoms. The monoisotopic (exact) mass is 245 g/mol. The maximum atomic E-state index is 8.71. The van der Waals surface area contributed by atoms with Gasteiger partial charge in [-0.3, -0.25) is 4.98 Å². The molecule has 0 radical (unpaired) electrons. The minimum Gasteiger partial charge on any atom is -0.369 e. The lowest BCUT2D eigenvalue weighted by Gasteiger charge is -2.22. The summed E-state index contributed by atoms with van der Waals surface area (Å²) >= 11 is 0. The third kappa shape index (κ3) is 3.33. The highest BCUT2D eigenvalue weighted by Crippen LogP contribution is 2.30. The van der Waals surface area contributed by atoms with E-state index in [9.17, 15) is 0 Å². The maximum absolute atomic E-state index is 8.71. The molecule has 1 aliphatic carbocycles. The van der Waals surface area contributed by atoms with Crippen LogP contribution >= 0.6 is 0 Å². The molecule has 1 fully saturated rings. The average molecular weight is 245 g/mol. The number of hydrogen-bond acceptors (Lipinski definition) is 5. The first kappa shape index (κ1) is 12.6. The van der Waals surface area contributed by atoms with Crippen molar-refractivity contribution in [1.29, 1.82) is 5.26 Å². The highest BCUT2D eigenvalue weighted by molar-refractivity contribution is 5.45. The van der Waals surface area contributed by atoms with Crippen LogP contribution in [-0.4, -0.2) is 29.1 Å².